The summed E-state index contributed by atoms with van der Waals surface area (Å²) >= 11 is 0. The molecule has 2 fully saturated rings. The molecule has 0 unspecified atom stereocenters. The topological polar surface area (TPSA) is 54.5 Å². The number of ether oxygens (including phenoxy) is 1. The third-order valence-corrected chi connectivity index (χ3v) is 3.36. The maximum atomic E-state index is 11.9. The van der Waals surface area contributed by atoms with Gasteiger partial charge in [-0.05, 0) is 31.5 Å². The van der Waals surface area contributed by atoms with Crippen molar-refractivity contribution in [3.05, 3.63) is 24.5 Å². The fourth-order valence-electron chi connectivity index (χ4n) is 2.50. The summed E-state index contributed by atoms with van der Waals surface area (Å²) in [6.07, 6.45) is 5.11. The second-order valence-electron chi connectivity index (χ2n) is 4.63. The first-order valence-corrected chi connectivity index (χ1v) is 5.90. The maximum absolute atomic E-state index is 11.9. The molecule has 2 saturated heterocycles. The summed E-state index contributed by atoms with van der Waals surface area (Å²) in [6.45, 7) is 2.37. The molecule has 5 heteroatoms. The predicted molar refractivity (Wildman–Crippen MR) is 62.9 cm³/mol. The molecule has 17 heavy (non-hydrogen) atoms. The van der Waals surface area contributed by atoms with Crippen molar-refractivity contribution in [2.75, 3.05) is 24.5 Å². The third kappa shape index (κ3) is 1.86. The molecule has 0 radical (unpaired) electrons. The molecule has 1 aromatic heterocycles. The summed E-state index contributed by atoms with van der Waals surface area (Å²) in [5, 5.41) is 3.29. The number of carbonyl (C=O) groups is 1. The van der Waals surface area contributed by atoms with E-state index in [9.17, 15) is 4.79 Å². The number of piperidine rings is 1. The number of aromatic nitrogens is 1. The second kappa shape index (κ2) is 4.00. The van der Waals surface area contributed by atoms with Crippen molar-refractivity contribution in [1.82, 2.24) is 10.3 Å². The highest BCUT2D eigenvalue weighted by atomic mass is 16.6. The average Bonchev–Trinajstić information content (AvgIpc) is 2.68. The lowest BCUT2D eigenvalue weighted by molar-refractivity contribution is 0.0366. The third-order valence-electron chi connectivity index (χ3n) is 3.36. The van der Waals surface area contributed by atoms with Crippen molar-refractivity contribution in [3.63, 3.8) is 0 Å². The van der Waals surface area contributed by atoms with Gasteiger partial charge in [0.2, 0.25) is 0 Å². The molecule has 3 heterocycles. The Balaban J connectivity index is 1.82. The van der Waals surface area contributed by atoms with Gasteiger partial charge in [0.15, 0.2) is 0 Å². The lowest BCUT2D eigenvalue weighted by Gasteiger charge is -2.31. The van der Waals surface area contributed by atoms with Gasteiger partial charge in [0.1, 0.15) is 5.60 Å². The first-order valence-electron chi connectivity index (χ1n) is 5.90. The molecule has 5 nitrogen and oxygen atoms in total. The molecule has 0 bridgehead atoms. The molecule has 1 N–H and O–H groups in total. The van der Waals surface area contributed by atoms with Crippen LogP contribution in [0.1, 0.15) is 12.8 Å². The highest BCUT2D eigenvalue weighted by Gasteiger charge is 2.46. The zero-order chi connectivity index (χ0) is 11.7. The van der Waals surface area contributed by atoms with Gasteiger partial charge >= 0.3 is 6.09 Å². The lowest BCUT2D eigenvalue weighted by atomic mass is 9.94. The number of amides is 1. The fourth-order valence-corrected chi connectivity index (χ4v) is 2.50. The minimum Gasteiger partial charge on any atom is -0.439 e. The minimum atomic E-state index is -0.342. The van der Waals surface area contributed by atoms with Crippen molar-refractivity contribution in [3.8, 4) is 0 Å². The highest BCUT2D eigenvalue weighted by Crippen LogP contribution is 2.31. The largest absolute Gasteiger partial charge is 0.439 e. The Morgan fingerprint density at radius 2 is 2.47 bits per heavy atom. The van der Waals surface area contributed by atoms with E-state index >= 15 is 0 Å². The number of carbonyl (C=O) groups excluding carboxylic acids is 1. The van der Waals surface area contributed by atoms with E-state index in [1.807, 2.05) is 12.1 Å². The van der Waals surface area contributed by atoms with Gasteiger partial charge in [0.25, 0.3) is 0 Å². The number of anilines is 1. The summed E-state index contributed by atoms with van der Waals surface area (Å²) in [6, 6.07) is 3.70. The SMILES string of the molecule is O=C1O[C@@]2(CCCNC2)CN1c1cccnc1. The van der Waals surface area contributed by atoms with Crippen LogP contribution >= 0.6 is 0 Å². The van der Waals surface area contributed by atoms with E-state index in [4.69, 9.17) is 4.74 Å². The number of nitrogens with one attached hydrogen (secondary N) is 1. The number of hydrogen-bond acceptors (Lipinski definition) is 4. The van der Waals surface area contributed by atoms with E-state index in [-0.39, 0.29) is 11.7 Å². The Morgan fingerprint density at radius 3 is 3.18 bits per heavy atom. The Kier molecular flexibility index (Phi) is 2.48. The summed E-state index contributed by atoms with van der Waals surface area (Å²) in [5.74, 6) is 0. The smallest absolute Gasteiger partial charge is 0.415 e. The monoisotopic (exact) mass is 233 g/mol. The molecule has 2 aliphatic rings. The predicted octanol–water partition coefficient (Wildman–Crippen LogP) is 1.16. The molecule has 0 aromatic carbocycles. The minimum absolute atomic E-state index is 0.262. The lowest BCUT2D eigenvalue weighted by Crippen LogP contribution is -2.48. The Hall–Kier alpha value is -1.62. The molecule has 90 valence electrons. The van der Waals surface area contributed by atoms with Gasteiger partial charge in [-0.25, -0.2) is 4.79 Å². The van der Waals surface area contributed by atoms with Crippen LogP contribution in [0, 0.1) is 0 Å². The van der Waals surface area contributed by atoms with Crippen molar-refractivity contribution >= 4 is 11.8 Å². The first-order chi connectivity index (χ1) is 8.29. The van der Waals surface area contributed by atoms with Crippen LogP contribution in [-0.4, -0.2) is 36.3 Å². The number of nitrogens with zero attached hydrogens (tertiary/aromatic N) is 2. The standard InChI is InChI=1S/C12H15N3O2/c16-11-15(10-3-1-5-13-7-10)9-12(17-11)4-2-6-14-8-12/h1,3,5,7,14H,2,4,6,8-9H2/t12-/m1/s1. The van der Waals surface area contributed by atoms with E-state index in [1.54, 1.807) is 17.3 Å². The summed E-state index contributed by atoms with van der Waals surface area (Å²) < 4.78 is 5.55. The van der Waals surface area contributed by atoms with Crippen molar-refractivity contribution in [2.45, 2.75) is 18.4 Å². The van der Waals surface area contributed by atoms with Crippen LogP contribution in [0.5, 0.6) is 0 Å². The van der Waals surface area contributed by atoms with Crippen LogP contribution in [0.2, 0.25) is 0 Å². The van der Waals surface area contributed by atoms with E-state index in [0.717, 1.165) is 31.6 Å². The molecule has 0 aliphatic carbocycles. The average molecular weight is 233 g/mol. The van der Waals surface area contributed by atoms with E-state index in [2.05, 4.69) is 10.3 Å². The Morgan fingerprint density at radius 1 is 1.53 bits per heavy atom. The first kappa shape index (κ1) is 10.5. The molecular weight excluding hydrogens is 218 g/mol. The summed E-state index contributed by atoms with van der Waals surface area (Å²) in [7, 11) is 0. The zero-order valence-electron chi connectivity index (χ0n) is 9.56. The van der Waals surface area contributed by atoms with Crippen LogP contribution in [0.4, 0.5) is 10.5 Å². The molecule has 1 atom stereocenters. The maximum Gasteiger partial charge on any atom is 0.415 e. The second-order valence-corrected chi connectivity index (χ2v) is 4.63. The molecule has 1 amide bonds. The van der Waals surface area contributed by atoms with Gasteiger partial charge in [-0.1, -0.05) is 0 Å². The van der Waals surface area contributed by atoms with Gasteiger partial charge < -0.3 is 10.1 Å². The van der Waals surface area contributed by atoms with Gasteiger partial charge in [-0.15, -0.1) is 0 Å². The molecule has 2 aliphatic heterocycles. The molecule has 1 spiro atoms. The van der Waals surface area contributed by atoms with E-state index < -0.39 is 0 Å². The molecule has 3 rings (SSSR count). The van der Waals surface area contributed by atoms with Crippen LogP contribution in [-0.2, 0) is 4.74 Å². The molecular formula is C12H15N3O2. The quantitative estimate of drug-likeness (QED) is 0.791. The van der Waals surface area contributed by atoms with E-state index in [1.165, 1.54) is 0 Å². The number of hydrogen-bond donors (Lipinski definition) is 1. The van der Waals surface area contributed by atoms with Gasteiger partial charge in [-0.3, -0.25) is 9.88 Å². The number of rotatable bonds is 1. The highest BCUT2D eigenvalue weighted by molar-refractivity contribution is 5.90. The van der Waals surface area contributed by atoms with Gasteiger partial charge in [0, 0.05) is 12.7 Å². The fraction of sp³-hybridized carbons (Fsp3) is 0.500. The molecule has 1 aromatic rings. The van der Waals surface area contributed by atoms with Gasteiger partial charge in [-0.2, -0.15) is 0 Å². The normalized spacial score (nSPS) is 28.5. The van der Waals surface area contributed by atoms with Crippen LogP contribution in [0.15, 0.2) is 24.5 Å². The van der Waals surface area contributed by atoms with Crippen LogP contribution in [0.3, 0.4) is 0 Å². The van der Waals surface area contributed by atoms with Crippen LogP contribution < -0.4 is 10.2 Å². The Labute approximate surface area is 99.8 Å². The van der Waals surface area contributed by atoms with Crippen LogP contribution in [0.25, 0.3) is 0 Å². The van der Waals surface area contributed by atoms with Crippen molar-refractivity contribution in [1.29, 1.82) is 0 Å². The summed E-state index contributed by atoms with van der Waals surface area (Å²) in [4.78, 5) is 17.6. The summed E-state index contributed by atoms with van der Waals surface area (Å²) in [5.41, 5.74) is 0.463. The Bertz CT molecular complexity index is 415. The number of pyridine rings is 1. The van der Waals surface area contributed by atoms with Crippen molar-refractivity contribution < 1.29 is 9.53 Å². The van der Waals surface area contributed by atoms with Crippen molar-refractivity contribution in [2.24, 2.45) is 0 Å². The van der Waals surface area contributed by atoms with E-state index in [0.29, 0.717) is 6.54 Å². The van der Waals surface area contributed by atoms with Gasteiger partial charge in [0.05, 0.1) is 18.4 Å². The zero-order valence-corrected chi connectivity index (χ0v) is 9.56. The molecule has 0 saturated carbocycles.